The van der Waals surface area contributed by atoms with Gasteiger partial charge in [-0.05, 0) is 18.2 Å². The smallest absolute Gasteiger partial charge is 0.260 e. The summed E-state index contributed by atoms with van der Waals surface area (Å²) in [7, 11) is -0.545. The quantitative estimate of drug-likeness (QED) is 0.674. The van der Waals surface area contributed by atoms with Crippen LogP contribution in [0.5, 0.6) is 0 Å². The Bertz CT molecular complexity index is 1190. The number of nitrogens with zero attached hydrogens (tertiary/aromatic N) is 3. The van der Waals surface area contributed by atoms with E-state index < -0.39 is 16.2 Å². The van der Waals surface area contributed by atoms with Gasteiger partial charge in [-0.25, -0.2) is 12.7 Å². The summed E-state index contributed by atoms with van der Waals surface area (Å²) in [6.45, 7) is 0.0647. The number of nitrogens with one attached hydrogen (secondary N) is 1. The van der Waals surface area contributed by atoms with E-state index in [4.69, 9.17) is 0 Å². The monoisotopic (exact) mass is 456 g/mol. The zero-order valence-electron chi connectivity index (χ0n) is 17.8. The van der Waals surface area contributed by atoms with Crippen molar-refractivity contribution in [2.24, 2.45) is 0 Å². The van der Waals surface area contributed by atoms with Crippen LogP contribution in [-0.4, -0.2) is 68.3 Å². The van der Waals surface area contributed by atoms with Crippen LogP contribution >= 0.6 is 0 Å². The molecule has 2 aromatic rings. The van der Waals surface area contributed by atoms with Crippen molar-refractivity contribution in [2.75, 3.05) is 37.8 Å². The molecular formula is C22H24N4O5S. The molecule has 0 unspecified atom stereocenters. The molecule has 0 fully saturated rings. The molecule has 0 spiro atoms. The molecule has 2 aliphatic heterocycles. The van der Waals surface area contributed by atoms with Crippen molar-refractivity contribution in [1.29, 1.82) is 0 Å². The van der Waals surface area contributed by atoms with E-state index >= 15 is 0 Å². The fourth-order valence-electron chi connectivity index (χ4n) is 4.01. The highest BCUT2D eigenvalue weighted by Gasteiger charge is 2.47. The van der Waals surface area contributed by atoms with Gasteiger partial charge in [0, 0.05) is 44.7 Å². The Morgan fingerprint density at radius 3 is 2.38 bits per heavy atom. The predicted octanol–water partition coefficient (Wildman–Crippen LogP) is 1.20. The van der Waals surface area contributed by atoms with Crippen molar-refractivity contribution >= 4 is 33.4 Å². The van der Waals surface area contributed by atoms with Crippen molar-refractivity contribution in [3.8, 4) is 0 Å². The molecule has 32 heavy (non-hydrogen) atoms. The molecule has 3 amide bonds. The third-order valence-corrected chi connectivity index (χ3v) is 7.53. The standard InChI is InChI=1S/C22H24N4O5S/c1-24(2)32(30,31)14-12-23-19(27)11-13-25-20-15-7-3-4-8-16(15)22(29)26(20)18-10-6-5-9-17(18)21(25)28/h3-10,20H,11-14H2,1-2H3,(H,23,27)/t20-/m0/s1. The number of amides is 3. The number of para-hydroxylation sites is 1. The Hall–Kier alpha value is -3.24. The minimum atomic E-state index is -3.41. The largest absolute Gasteiger partial charge is 0.355 e. The van der Waals surface area contributed by atoms with Gasteiger partial charge in [0.15, 0.2) is 0 Å². The molecule has 2 aromatic carbocycles. The molecule has 0 radical (unpaired) electrons. The Labute approximate surface area is 186 Å². The molecule has 10 heteroatoms. The van der Waals surface area contributed by atoms with Crippen molar-refractivity contribution < 1.29 is 22.8 Å². The zero-order chi connectivity index (χ0) is 23.0. The van der Waals surface area contributed by atoms with Gasteiger partial charge in [-0.1, -0.05) is 30.3 Å². The average molecular weight is 457 g/mol. The second kappa shape index (κ2) is 8.36. The summed E-state index contributed by atoms with van der Waals surface area (Å²) >= 11 is 0. The Morgan fingerprint density at radius 1 is 1.00 bits per heavy atom. The van der Waals surface area contributed by atoms with E-state index in [-0.39, 0.29) is 43.0 Å². The summed E-state index contributed by atoms with van der Waals surface area (Å²) in [5.41, 5.74) is 2.21. The molecular weight excluding hydrogens is 432 g/mol. The second-order valence-corrected chi connectivity index (χ2v) is 10.2. The van der Waals surface area contributed by atoms with Crippen LogP contribution in [0.1, 0.15) is 38.9 Å². The molecule has 0 aromatic heterocycles. The highest BCUT2D eigenvalue weighted by Crippen LogP contribution is 2.45. The summed E-state index contributed by atoms with van der Waals surface area (Å²) in [5, 5.41) is 2.59. The molecule has 4 rings (SSSR count). The van der Waals surface area contributed by atoms with Gasteiger partial charge in [0.25, 0.3) is 11.8 Å². The number of carbonyl (C=O) groups is 3. The SMILES string of the molecule is CN(C)S(=O)(=O)CCNC(=O)CCN1C(=O)c2ccccc2N2C(=O)c3ccccc3[C@@H]12. The number of fused-ring (bicyclic) bond motifs is 5. The zero-order valence-corrected chi connectivity index (χ0v) is 18.6. The maximum Gasteiger partial charge on any atom is 0.260 e. The van der Waals surface area contributed by atoms with Crippen LogP contribution in [-0.2, 0) is 14.8 Å². The van der Waals surface area contributed by atoms with E-state index in [0.29, 0.717) is 16.8 Å². The van der Waals surface area contributed by atoms with Crippen LogP contribution in [0.25, 0.3) is 0 Å². The highest BCUT2D eigenvalue weighted by atomic mass is 32.2. The van der Waals surface area contributed by atoms with Gasteiger partial charge in [-0.15, -0.1) is 0 Å². The van der Waals surface area contributed by atoms with Gasteiger partial charge in [-0.3, -0.25) is 19.3 Å². The minimum absolute atomic E-state index is 0.0172. The normalized spacial score (nSPS) is 17.3. The lowest BCUT2D eigenvalue weighted by Gasteiger charge is -2.40. The van der Waals surface area contributed by atoms with Crippen LogP contribution in [0.15, 0.2) is 48.5 Å². The lowest BCUT2D eigenvalue weighted by atomic mass is 10.0. The first kappa shape index (κ1) is 22.0. The fraction of sp³-hybridized carbons (Fsp3) is 0.318. The summed E-state index contributed by atoms with van der Waals surface area (Å²) in [5.74, 6) is -1.02. The molecule has 2 aliphatic rings. The lowest BCUT2D eigenvalue weighted by Crippen LogP contribution is -2.49. The molecule has 168 valence electrons. The van der Waals surface area contributed by atoms with Crippen molar-refractivity contribution in [1.82, 2.24) is 14.5 Å². The number of rotatable bonds is 7. The van der Waals surface area contributed by atoms with Crippen LogP contribution in [0.2, 0.25) is 0 Å². The molecule has 0 saturated carbocycles. The van der Waals surface area contributed by atoms with Gasteiger partial charge in [-0.2, -0.15) is 0 Å². The van der Waals surface area contributed by atoms with Crippen LogP contribution in [0, 0.1) is 0 Å². The molecule has 0 saturated heterocycles. The number of anilines is 1. The van der Waals surface area contributed by atoms with Gasteiger partial charge in [0.2, 0.25) is 15.9 Å². The summed E-state index contributed by atoms with van der Waals surface area (Å²) < 4.78 is 24.8. The average Bonchev–Trinajstić information content (AvgIpc) is 3.06. The summed E-state index contributed by atoms with van der Waals surface area (Å²) in [6, 6.07) is 14.1. The van der Waals surface area contributed by atoms with Gasteiger partial charge in [0.1, 0.15) is 6.17 Å². The molecule has 1 N–H and O–H groups in total. The first-order valence-electron chi connectivity index (χ1n) is 10.2. The lowest BCUT2D eigenvalue weighted by molar-refractivity contribution is -0.121. The first-order chi connectivity index (χ1) is 15.2. The topological polar surface area (TPSA) is 107 Å². The number of sulfonamides is 1. The molecule has 0 bridgehead atoms. The first-order valence-corrected chi connectivity index (χ1v) is 11.8. The van der Waals surface area contributed by atoms with Gasteiger partial charge < -0.3 is 10.2 Å². The summed E-state index contributed by atoms with van der Waals surface area (Å²) in [6.07, 6.45) is -0.639. The number of hydrogen-bond acceptors (Lipinski definition) is 5. The van der Waals surface area contributed by atoms with E-state index in [1.807, 2.05) is 12.1 Å². The minimum Gasteiger partial charge on any atom is -0.355 e. The second-order valence-electron chi connectivity index (χ2n) is 7.85. The van der Waals surface area contributed by atoms with Crippen LogP contribution < -0.4 is 10.2 Å². The number of hydrogen-bond donors (Lipinski definition) is 1. The number of benzene rings is 2. The van der Waals surface area contributed by atoms with Crippen LogP contribution in [0.4, 0.5) is 5.69 Å². The number of carbonyl (C=O) groups excluding carboxylic acids is 3. The molecule has 2 heterocycles. The molecule has 1 atom stereocenters. The van der Waals surface area contributed by atoms with Gasteiger partial charge in [0.05, 0.1) is 17.0 Å². The maximum absolute atomic E-state index is 13.3. The van der Waals surface area contributed by atoms with E-state index in [1.54, 1.807) is 41.3 Å². The summed E-state index contributed by atoms with van der Waals surface area (Å²) in [4.78, 5) is 41.9. The predicted molar refractivity (Wildman–Crippen MR) is 119 cm³/mol. The third kappa shape index (κ3) is 3.76. The van der Waals surface area contributed by atoms with Crippen LogP contribution in [0.3, 0.4) is 0 Å². The van der Waals surface area contributed by atoms with Crippen molar-refractivity contribution in [2.45, 2.75) is 12.6 Å². The Kier molecular flexibility index (Phi) is 5.74. The Balaban J connectivity index is 1.53. The maximum atomic E-state index is 13.3. The van der Waals surface area contributed by atoms with Crippen molar-refractivity contribution in [3.05, 3.63) is 65.2 Å². The van der Waals surface area contributed by atoms with E-state index in [2.05, 4.69) is 5.32 Å². The van der Waals surface area contributed by atoms with E-state index in [0.717, 1.165) is 9.87 Å². The third-order valence-electron chi connectivity index (χ3n) is 5.70. The molecule has 9 nitrogen and oxygen atoms in total. The van der Waals surface area contributed by atoms with Crippen molar-refractivity contribution in [3.63, 3.8) is 0 Å². The van der Waals surface area contributed by atoms with E-state index in [9.17, 15) is 22.8 Å². The van der Waals surface area contributed by atoms with E-state index in [1.165, 1.54) is 19.0 Å². The van der Waals surface area contributed by atoms with Gasteiger partial charge >= 0.3 is 0 Å². The highest BCUT2D eigenvalue weighted by molar-refractivity contribution is 7.89. The fourth-order valence-corrected chi connectivity index (χ4v) is 4.74. The molecule has 0 aliphatic carbocycles. The Morgan fingerprint density at radius 2 is 1.66 bits per heavy atom.